The number of halogens is 1. The number of hydrogen-bond donors (Lipinski definition) is 2. The van der Waals surface area contributed by atoms with Crippen LogP contribution in [0.15, 0.2) is 59.8 Å². The highest BCUT2D eigenvalue weighted by atomic mass is 35.5. The molecule has 0 atom stereocenters. The summed E-state index contributed by atoms with van der Waals surface area (Å²) < 4.78 is 1.69. The van der Waals surface area contributed by atoms with Crippen molar-refractivity contribution in [3.05, 3.63) is 76.4 Å². The van der Waals surface area contributed by atoms with Gasteiger partial charge in [-0.25, -0.2) is 9.38 Å². The topological polar surface area (TPSA) is 98.2 Å². The van der Waals surface area contributed by atoms with Crippen LogP contribution in [0.3, 0.4) is 0 Å². The number of anilines is 2. The van der Waals surface area contributed by atoms with E-state index in [1.54, 1.807) is 22.6 Å². The van der Waals surface area contributed by atoms with Crippen LogP contribution in [-0.4, -0.2) is 31.2 Å². The third kappa shape index (κ3) is 4.24. The minimum atomic E-state index is -0.201. The predicted molar refractivity (Wildman–Crippen MR) is 120 cm³/mol. The van der Waals surface area contributed by atoms with Gasteiger partial charge >= 0.3 is 0 Å². The second-order valence-electron chi connectivity index (χ2n) is 6.65. The van der Waals surface area contributed by atoms with Gasteiger partial charge in [-0.2, -0.15) is 0 Å². The van der Waals surface area contributed by atoms with E-state index < -0.39 is 0 Å². The number of rotatable bonds is 6. The molecule has 0 radical (unpaired) electrons. The van der Waals surface area contributed by atoms with Crippen molar-refractivity contribution in [3.8, 4) is 0 Å². The fraction of sp³-hybridized carbons (Fsp3) is 0.143. The molecule has 0 saturated heterocycles. The molecular weight excluding hydrogens is 420 g/mol. The van der Waals surface area contributed by atoms with Crippen molar-refractivity contribution in [2.24, 2.45) is 0 Å². The summed E-state index contributed by atoms with van der Waals surface area (Å²) in [5.74, 6) is 0.221. The van der Waals surface area contributed by atoms with Gasteiger partial charge in [-0.05, 0) is 24.6 Å². The van der Waals surface area contributed by atoms with Crippen molar-refractivity contribution in [2.45, 2.75) is 18.5 Å². The van der Waals surface area contributed by atoms with Crippen molar-refractivity contribution in [1.82, 2.24) is 19.6 Å². The second kappa shape index (κ2) is 8.73. The molecule has 0 bridgehead atoms. The van der Waals surface area contributed by atoms with Crippen LogP contribution in [0.4, 0.5) is 11.6 Å². The van der Waals surface area contributed by atoms with Crippen molar-refractivity contribution >= 4 is 46.6 Å². The molecule has 0 aliphatic heterocycles. The number of carbonyl (C=O) groups excluding carboxylic acids is 1. The number of thioether (sulfide) groups is 1. The lowest BCUT2D eigenvalue weighted by Gasteiger charge is -2.10. The fourth-order valence-electron chi connectivity index (χ4n) is 3.10. The van der Waals surface area contributed by atoms with E-state index in [0.29, 0.717) is 33.9 Å². The van der Waals surface area contributed by atoms with Gasteiger partial charge in [0.25, 0.3) is 0 Å². The molecule has 2 aromatic carbocycles. The quantitative estimate of drug-likeness (QED) is 0.442. The molecule has 30 heavy (non-hydrogen) atoms. The Balaban J connectivity index is 1.56. The van der Waals surface area contributed by atoms with E-state index in [1.807, 2.05) is 31.2 Å². The minimum absolute atomic E-state index is 0.132. The van der Waals surface area contributed by atoms with Gasteiger partial charge in [-0.15, -0.1) is 10.2 Å². The molecule has 152 valence electrons. The number of para-hydroxylation sites is 1. The molecule has 3 N–H and O–H groups in total. The Morgan fingerprint density at radius 2 is 1.87 bits per heavy atom. The number of nitrogen functional groups attached to an aromatic ring is 1. The summed E-state index contributed by atoms with van der Waals surface area (Å²) in [7, 11) is 0. The van der Waals surface area contributed by atoms with Gasteiger partial charge in [0.05, 0.1) is 16.5 Å². The molecule has 2 heterocycles. The SMILES string of the molecule is Cc1nc(N)n2c(SCC(=O)Nc3ccccc3Cl)nnc2c1Cc1ccccc1. The highest BCUT2D eigenvalue weighted by Gasteiger charge is 2.18. The first-order valence-corrected chi connectivity index (χ1v) is 10.6. The van der Waals surface area contributed by atoms with Gasteiger partial charge in [0.1, 0.15) is 0 Å². The van der Waals surface area contributed by atoms with Crippen LogP contribution in [0.1, 0.15) is 16.8 Å². The van der Waals surface area contributed by atoms with E-state index in [-0.39, 0.29) is 11.7 Å². The van der Waals surface area contributed by atoms with Crippen molar-refractivity contribution in [1.29, 1.82) is 0 Å². The number of nitrogens with zero attached hydrogens (tertiary/aromatic N) is 4. The minimum Gasteiger partial charge on any atom is -0.369 e. The van der Waals surface area contributed by atoms with Gasteiger partial charge < -0.3 is 11.1 Å². The standard InChI is InChI=1S/C21H19ClN6OS/c1-13-15(11-14-7-3-2-4-8-14)19-26-27-21(28(19)20(23)24-13)30-12-18(29)25-17-10-6-5-9-16(17)22/h2-10H,11-12H2,1H3,(H2,23,24)(H,25,29). The summed E-state index contributed by atoms with van der Waals surface area (Å²) in [4.78, 5) is 16.8. The number of fused-ring (bicyclic) bond motifs is 1. The van der Waals surface area contributed by atoms with E-state index in [4.69, 9.17) is 17.3 Å². The van der Waals surface area contributed by atoms with Gasteiger partial charge in [-0.3, -0.25) is 4.79 Å². The Bertz CT molecular complexity index is 1210. The summed E-state index contributed by atoms with van der Waals surface area (Å²) in [5, 5.41) is 12.4. The maximum Gasteiger partial charge on any atom is 0.234 e. The molecule has 7 nitrogen and oxygen atoms in total. The number of amides is 1. The maximum absolute atomic E-state index is 12.3. The highest BCUT2D eigenvalue weighted by molar-refractivity contribution is 7.99. The Morgan fingerprint density at radius 1 is 1.13 bits per heavy atom. The number of aryl methyl sites for hydroxylation is 1. The van der Waals surface area contributed by atoms with E-state index in [9.17, 15) is 4.79 Å². The highest BCUT2D eigenvalue weighted by Crippen LogP contribution is 2.26. The van der Waals surface area contributed by atoms with Gasteiger partial charge in [-0.1, -0.05) is 65.8 Å². The summed E-state index contributed by atoms with van der Waals surface area (Å²) >= 11 is 7.33. The van der Waals surface area contributed by atoms with Crippen LogP contribution in [0, 0.1) is 6.92 Å². The number of benzene rings is 2. The van der Waals surface area contributed by atoms with Crippen molar-refractivity contribution < 1.29 is 4.79 Å². The average molecular weight is 439 g/mol. The molecular formula is C21H19ClN6OS. The van der Waals surface area contributed by atoms with Crippen LogP contribution in [0.2, 0.25) is 5.02 Å². The Morgan fingerprint density at radius 3 is 2.63 bits per heavy atom. The third-order valence-corrected chi connectivity index (χ3v) is 5.81. The first kappa shape index (κ1) is 20.2. The number of hydrogen-bond acceptors (Lipinski definition) is 6. The van der Waals surface area contributed by atoms with Crippen LogP contribution in [0.25, 0.3) is 5.65 Å². The molecule has 0 spiro atoms. The smallest absolute Gasteiger partial charge is 0.234 e. The number of carbonyl (C=O) groups is 1. The van der Waals surface area contributed by atoms with E-state index in [0.717, 1.165) is 16.8 Å². The number of nitrogens with one attached hydrogen (secondary N) is 1. The van der Waals surface area contributed by atoms with Gasteiger partial charge in [0.2, 0.25) is 11.9 Å². The zero-order chi connectivity index (χ0) is 21.1. The Kier molecular flexibility index (Phi) is 5.87. The lowest BCUT2D eigenvalue weighted by molar-refractivity contribution is -0.113. The maximum atomic E-state index is 12.3. The summed E-state index contributed by atoms with van der Waals surface area (Å²) in [6, 6.07) is 17.2. The van der Waals surface area contributed by atoms with E-state index in [1.165, 1.54) is 11.8 Å². The normalized spacial score (nSPS) is 11.0. The summed E-state index contributed by atoms with van der Waals surface area (Å²) in [5.41, 5.74) is 10.3. The van der Waals surface area contributed by atoms with Crippen molar-refractivity contribution in [3.63, 3.8) is 0 Å². The zero-order valence-electron chi connectivity index (χ0n) is 16.2. The first-order valence-electron chi connectivity index (χ1n) is 9.24. The molecule has 1 amide bonds. The van der Waals surface area contributed by atoms with Gasteiger partial charge in [0, 0.05) is 17.7 Å². The average Bonchev–Trinajstić information content (AvgIpc) is 3.16. The van der Waals surface area contributed by atoms with E-state index >= 15 is 0 Å². The van der Waals surface area contributed by atoms with E-state index in [2.05, 4.69) is 32.6 Å². The van der Waals surface area contributed by atoms with Crippen LogP contribution >= 0.6 is 23.4 Å². The van der Waals surface area contributed by atoms with Crippen LogP contribution in [0.5, 0.6) is 0 Å². The second-order valence-corrected chi connectivity index (χ2v) is 8.00. The molecule has 0 saturated carbocycles. The Hall–Kier alpha value is -3.10. The Labute approximate surface area is 182 Å². The van der Waals surface area contributed by atoms with Crippen LogP contribution < -0.4 is 11.1 Å². The molecule has 9 heteroatoms. The molecule has 0 aliphatic rings. The molecule has 0 fully saturated rings. The number of nitrogens with two attached hydrogens (primary N) is 1. The summed E-state index contributed by atoms with van der Waals surface area (Å²) in [6.07, 6.45) is 0.666. The first-order chi connectivity index (χ1) is 14.5. The molecule has 0 aliphatic carbocycles. The molecule has 2 aromatic heterocycles. The van der Waals surface area contributed by atoms with Gasteiger partial charge in [0.15, 0.2) is 10.8 Å². The molecule has 4 rings (SSSR count). The monoisotopic (exact) mass is 438 g/mol. The largest absolute Gasteiger partial charge is 0.369 e. The van der Waals surface area contributed by atoms with Crippen molar-refractivity contribution in [2.75, 3.05) is 16.8 Å². The predicted octanol–water partition coefficient (Wildman–Crippen LogP) is 3.99. The molecule has 4 aromatic rings. The molecule has 0 unspecified atom stereocenters. The fourth-order valence-corrected chi connectivity index (χ4v) is 4.03. The lowest BCUT2D eigenvalue weighted by Crippen LogP contribution is -2.15. The number of aromatic nitrogens is 4. The lowest BCUT2D eigenvalue weighted by atomic mass is 10.0. The zero-order valence-corrected chi connectivity index (χ0v) is 17.7. The van der Waals surface area contributed by atoms with Crippen LogP contribution in [-0.2, 0) is 11.2 Å². The third-order valence-electron chi connectivity index (χ3n) is 4.56. The summed E-state index contributed by atoms with van der Waals surface area (Å²) in [6.45, 7) is 1.91.